The second-order valence-corrected chi connectivity index (χ2v) is 8.04. The smallest absolute Gasteiger partial charge is 0.229 e. The number of hydrogen-bond acceptors (Lipinski definition) is 1. The highest BCUT2D eigenvalue weighted by atomic mass is 127. The van der Waals surface area contributed by atoms with Crippen molar-refractivity contribution in [3.05, 3.63) is 108 Å². The lowest BCUT2D eigenvalue weighted by molar-refractivity contribution is -0.670. The fourth-order valence-electron chi connectivity index (χ4n) is 5.19. The normalized spacial score (nSPS) is 13.5. The largest absolute Gasteiger partial charge is 1.00 e. The molecule has 0 radical (unpaired) electrons. The highest BCUT2D eigenvalue weighted by Gasteiger charge is 2.34. The van der Waals surface area contributed by atoms with E-state index in [9.17, 15) is 0 Å². The molecule has 2 nitrogen and oxygen atoms in total. The van der Waals surface area contributed by atoms with Crippen molar-refractivity contribution in [2.75, 3.05) is 4.90 Å². The Kier molecular flexibility index (Phi) is 4.15. The highest BCUT2D eigenvalue weighted by molar-refractivity contribution is 6.10. The zero-order chi connectivity index (χ0) is 19.7. The van der Waals surface area contributed by atoms with Gasteiger partial charge in [-0.3, -0.25) is 4.90 Å². The maximum Gasteiger partial charge on any atom is 0.229 e. The van der Waals surface area contributed by atoms with E-state index < -0.39 is 0 Å². The number of benzene rings is 4. The first kappa shape index (κ1) is 18.6. The van der Waals surface area contributed by atoms with Crippen LogP contribution in [0, 0.1) is 0 Å². The molecule has 2 aliphatic heterocycles. The van der Waals surface area contributed by atoms with E-state index in [-0.39, 0.29) is 24.0 Å². The second kappa shape index (κ2) is 6.92. The maximum absolute atomic E-state index is 2.46. The lowest BCUT2D eigenvalue weighted by atomic mass is 9.89. The molecule has 0 amide bonds. The van der Waals surface area contributed by atoms with Crippen LogP contribution in [0.15, 0.2) is 97.1 Å². The summed E-state index contributed by atoms with van der Waals surface area (Å²) in [6, 6.07) is 35.1. The summed E-state index contributed by atoms with van der Waals surface area (Å²) in [5.74, 6) is 0. The molecule has 0 aliphatic carbocycles. The topological polar surface area (TPSA) is 7.12 Å². The van der Waals surface area contributed by atoms with Crippen LogP contribution in [0.1, 0.15) is 11.3 Å². The minimum Gasteiger partial charge on any atom is -1.00 e. The Morgan fingerprint density at radius 3 is 2.03 bits per heavy atom. The van der Waals surface area contributed by atoms with Crippen molar-refractivity contribution in [2.24, 2.45) is 0 Å². The second-order valence-electron chi connectivity index (χ2n) is 8.04. The minimum absolute atomic E-state index is 0. The average Bonchev–Trinajstić information content (AvgIpc) is 2.83. The van der Waals surface area contributed by atoms with Gasteiger partial charge in [0.15, 0.2) is 0 Å². The summed E-state index contributed by atoms with van der Waals surface area (Å²) in [7, 11) is 0. The van der Waals surface area contributed by atoms with Crippen molar-refractivity contribution in [3.8, 4) is 11.1 Å². The number of pyridine rings is 1. The summed E-state index contributed by atoms with van der Waals surface area (Å²) < 4.78 is 2.46. The van der Waals surface area contributed by atoms with E-state index in [1.807, 2.05) is 0 Å². The first-order valence-electron chi connectivity index (χ1n) is 10.4. The van der Waals surface area contributed by atoms with E-state index >= 15 is 0 Å². The lowest BCUT2D eigenvalue weighted by Crippen LogP contribution is -3.00. The molecule has 3 heterocycles. The van der Waals surface area contributed by atoms with Gasteiger partial charge < -0.3 is 24.0 Å². The predicted molar refractivity (Wildman–Crippen MR) is 124 cm³/mol. The third-order valence-electron chi connectivity index (χ3n) is 6.51. The summed E-state index contributed by atoms with van der Waals surface area (Å²) in [4.78, 5) is 2.46. The third kappa shape index (κ3) is 2.53. The molecule has 0 fully saturated rings. The Hall–Kier alpha value is -3.18. The zero-order valence-electron chi connectivity index (χ0n) is 16.8. The standard InChI is InChI=1S/C28H19N2.HI/c1-3-13-23-19(9-1)21-11-5-7-15-25(21)29-18-30-26-16-8-6-12-22(26)20-10-2-4-14-24(20)28(30)17-27(23)29;/h1-17H,18H2;1H/q+1;/p-1. The summed E-state index contributed by atoms with van der Waals surface area (Å²) in [5.41, 5.74) is 9.04. The molecule has 0 saturated heterocycles. The number of hydrogen-bond donors (Lipinski definition) is 0. The van der Waals surface area contributed by atoms with E-state index in [4.69, 9.17) is 0 Å². The van der Waals surface area contributed by atoms with Gasteiger partial charge in [-0.25, -0.2) is 0 Å². The van der Waals surface area contributed by atoms with Crippen LogP contribution in [0.25, 0.3) is 44.6 Å². The molecule has 0 atom stereocenters. The fourth-order valence-corrected chi connectivity index (χ4v) is 5.19. The van der Waals surface area contributed by atoms with Crippen LogP contribution in [-0.2, 0) is 6.67 Å². The molecule has 148 valence electrons. The van der Waals surface area contributed by atoms with Crippen molar-refractivity contribution in [1.82, 2.24) is 0 Å². The first-order valence-corrected chi connectivity index (χ1v) is 10.4. The monoisotopic (exact) mass is 510 g/mol. The quantitative estimate of drug-likeness (QED) is 0.176. The molecule has 3 heteroatoms. The molecule has 0 unspecified atom stereocenters. The Morgan fingerprint density at radius 1 is 0.581 bits per heavy atom. The van der Waals surface area contributed by atoms with Gasteiger partial charge in [0.25, 0.3) is 0 Å². The van der Waals surface area contributed by atoms with Crippen molar-refractivity contribution >= 4 is 39.1 Å². The molecule has 0 N–H and O–H groups in total. The van der Waals surface area contributed by atoms with E-state index in [1.165, 1.54) is 55.4 Å². The zero-order valence-corrected chi connectivity index (χ0v) is 19.0. The Balaban J connectivity index is 0.00000185. The number of nitrogens with zero attached hydrogens (tertiary/aromatic N) is 2. The van der Waals surface area contributed by atoms with Crippen LogP contribution in [0.5, 0.6) is 0 Å². The summed E-state index contributed by atoms with van der Waals surface area (Å²) in [6.07, 6.45) is 2.38. The number of anilines is 1. The molecule has 7 rings (SSSR count). The minimum atomic E-state index is 0. The summed E-state index contributed by atoms with van der Waals surface area (Å²) in [5, 5.41) is 3.92. The molecule has 5 aromatic rings. The number of para-hydroxylation sites is 2. The molecule has 4 aromatic carbocycles. The van der Waals surface area contributed by atoms with E-state index in [0.29, 0.717) is 0 Å². The van der Waals surface area contributed by atoms with Gasteiger partial charge >= 0.3 is 0 Å². The van der Waals surface area contributed by atoms with Gasteiger partial charge in [0.2, 0.25) is 17.9 Å². The van der Waals surface area contributed by atoms with Crippen LogP contribution in [0.3, 0.4) is 0 Å². The fraction of sp³-hybridized carbons (Fsp3) is 0.0357. The highest BCUT2D eigenvalue weighted by Crippen LogP contribution is 2.46. The Morgan fingerprint density at radius 2 is 1.19 bits per heavy atom. The van der Waals surface area contributed by atoms with E-state index in [1.54, 1.807) is 0 Å². The molecular formula is C28H19IN2. The number of aromatic nitrogens is 1. The van der Waals surface area contributed by atoms with Crippen LogP contribution < -0.4 is 33.4 Å². The molecular weight excluding hydrogens is 491 g/mol. The Labute approximate surface area is 198 Å². The average molecular weight is 510 g/mol. The molecule has 1 aromatic heterocycles. The van der Waals surface area contributed by atoms with Crippen LogP contribution in [0.2, 0.25) is 0 Å². The van der Waals surface area contributed by atoms with Gasteiger partial charge in [0.1, 0.15) is 0 Å². The maximum atomic E-state index is 2.46. The summed E-state index contributed by atoms with van der Waals surface area (Å²) in [6.45, 7) is 0.803. The van der Waals surface area contributed by atoms with Crippen molar-refractivity contribution in [2.45, 2.75) is 6.67 Å². The molecule has 0 bridgehead atoms. The third-order valence-corrected chi connectivity index (χ3v) is 6.51. The molecule has 31 heavy (non-hydrogen) atoms. The van der Waals surface area contributed by atoms with E-state index in [0.717, 1.165) is 6.67 Å². The predicted octanol–water partition coefficient (Wildman–Crippen LogP) is 3.24. The van der Waals surface area contributed by atoms with Gasteiger partial charge in [-0.05, 0) is 23.8 Å². The molecule has 2 aliphatic rings. The Bertz CT molecular complexity index is 1530. The summed E-state index contributed by atoms with van der Waals surface area (Å²) >= 11 is 0. The van der Waals surface area contributed by atoms with Gasteiger partial charge in [-0.1, -0.05) is 72.8 Å². The van der Waals surface area contributed by atoms with Crippen LogP contribution in [0.4, 0.5) is 5.69 Å². The van der Waals surface area contributed by atoms with Crippen molar-refractivity contribution < 1.29 is 28.5 Å². The van der Waals surface area contributed by atoms with Crippen molar-refractivity contribution in [1.29, 1.82) is 0 Å². The number of fused-ring (bicyclic) bond motifs is 12. The molecule has 0 spiro atoms. The van der Waals surface area contributed by atoms with Gasteiger partial charge in [-0.2, -0.15) is 4.57 Å². The van der Waals surface area contributed by atoms with E-state index in [2.05, 4.69) is 113 Å². The lowest BCUT2D eigenvalue weighted by Gasteiger charge is -2.35. The van der Waals surface area contributed by atoms with Gasteiger partial charge in [0.05, 0.1) is 22.2 Å². The van der Waals surface area contributed by atoms with Gasteiger partial charge in [-0.15, -0.1) is 0 Å². The van der Waals surface area contributed by atoms with Gasteiger partial charge in [0, 0.05) is 28.7 Å². The number of rotatable bonds is 0. The molecule has 0 saturated carbocycles. The van der Waals surface area contributed by atoms with Crippen LogP contribution in [-0.4, -0.2) is 0 Å². The first-order chi connectivity index (χ1) is 14.9. The SMILES string of the molecule is C1=C2c3ccccc3-c3ccccc3N2C[n+]2c1c1ccccc1c1ccccc12.[I-]. The number of halogens is 1. The van der Waals surface area contributed by atoms with Crippen LogP contribution >= 0.6 is 0 Å². The van der Waals surface area contributed by atoms with Crippen molar-refractivity contribution in [3.63, 3.8) is 0 Å².